The van der Waals surface area contributed by atoms with E-state index in [0.29, 0.717) is 0 Å². The largest absolute Gasteiger partial charge is 0.446 e. The average molecular weight is 499 g/mol. The van der Waals surface area contributed by atoms with Crippen LogP contribution in [0.25, 0.3) is 21.7 Å². The van der Waals surface area contributed by atoms with Crippen molar-refractivity contribution >= 4 is 33.5 Å². The standard InChI is InChI=1S/C31H38N4O2/c1-22-28(15-17-35(2)21-23-10-11-24-14-16-32-20-25(24)18-23)29-19-26(12-13-30(29)33-22)34-31(36)37-27-8-6-4-3-5-7-9-27/h10-14,16,18-20,27,33H,3-9,15,17,21H2,1-2H3,(H,34,36). The number of aromatic amines is 1. The predicted octanol–water partition coefficient (Wildman–Crippen LogP) is 7.36. The fraction of sp³-hybridized carbons (Fsp3) is 0.419. The number of aryl methyl sites for hydroxylation is 1. The Hall–Kier alpha value is -3.38. The van der Waals surface area contributed by atoms with E-state index < -0.39 is 0 Å². The SMILES string of the molecule is Cc1[nH]c2ccc(NC(=O)OC3CCCCCCC3)cc2c1CCN(C)Cc1ccc2ccncc2c1. The Bertz CT molecular complexity index is 1350. The zero-order valence-electron chi connectivity index (χ0n) is 22.1. The first-order valence-corrected chi connectivity index (χ1v) is 13.7. The molecular weight excluding hydrogens is 460 g/mol. The molecule has 1 fully saturated rings. The summed E-state index contributed by atoms with van der Waals surface area (Å²) in [7, 11) is 2.16. The average Bonchev–Trinajstić information content (AvgIpc) is 3.18. The molecule has 1 amide bonds. The molecule has 194 valence electrons. The molecule has 1 saturated carbocycles. The molecular formula is C31H38N4O2. The minimum Gasteiger partial charge on any atom is -0.446 e. The summed E-state index contributed by atoms with van der Waals surface area (Å²) >= 11 is 0. The van der Waals surface area contributed by atoms with Crippen LogP contribution in [0.15, 0.2) is 54.9 Å². The molecule has 0 saturated heterocycles. The summed E-state index contributed by atoms with van der Waals surface area (Å²) in [4.78, 5) is 22.7. The molecule has 0 spiro atoms. The first kappa shape index (κ1) is 25.3. The number of amides is 1. The third kappa shape index (κ3) is 6.50. The van der Waals surface area contributed by atoms with Crippen LogP contribution in [-0.2, 0) is 17.7 Å². The maximum atomic E-state index is 12.6. The number of rotatable bonds is 7. The first-order valence-electron chi connectivity index (χ1n) is 13.7. The van der Waals surface area contributed by atoms with Crippen LogP contribution in [0.5, 0.6) is 0 Å². The molecule has 0 unspecified atom stereocenters. The third-order valence-corrected chi connectivity index (χ3v) is 7.59. The highest BCUT2D eigenvalue weighted by Gasteiger charge is 2.17. The van der Waals surface area contributed by atoms with Gasteiger partial charge in [-0.3, -0.25) is 10.3 Å². The van der Waals surface area contributed by atoms with E-state index in [-0.39, 0.29) is 12.2 Å². The van der Waals surface area contributed by atoms with E-state index in [9.17, 15) is 4.79 Å². The fourth-order valence-corrected chi connectivity index (χ4v) is 5.54. The van der Waals surface area contributed by atoms with Crippen LogP contribution in [0.2, 0.25) is 0 Å². The summed E-state index contributed by atoms with van der Waals surface area (Å²) in [5, 5.41) is 6.53. The zero-order valence-corrected chi connectivity index (χ0v) is 22.1. The van der Waals surface area contributed by atoms with Crippen LogP contribution in [0.3, 0.4) is 0 Å². The van der Waals surface area contributed by atoms with E-state index >= 15 is 0 Å². The van der Waals surface area contributed by atoms with Crippen molar-refractivity contribution in [1.82, 2.24) is 14.9 Å². The molecule has 0 radical (unpaired) electrons. The maximum absolute atomic E-state index is 12.6. The Kier molecular flexibility index (Phi) is 8.05. The number of hydrogen-bond donors (Lipinski definition) is 2. The molecule has 0 aliphatic heterocycles. The minimum absolute atomic E-state index is 0.0310. The third-order valence-electron chi connectivity index (χ3n) is 7.59. The first-order chi connectivity index (χ1) is 18.0. The van der Waals surface area contributed by atoms with Gasteiger partial charge in [0.15, 0.2) is 0 Å². The summed E-state index contributed by atoms with van der Waals surface area (Å²) in [5.41, 5.74) is 5.63. The molecule has 2 aromatic heterocycles. The molecule has 6 nitrogen and oxygen atoms in total. The van der Waals surface area contributed by atoms with Crippen molar-refractivity contribution in [1.29, 1.82) is 0 Å². The number of H-pyrrole nitrogens is 1. The molecule has 1 aliphatic rings. The zero-order chi connectivity index (χ0) is 25.6. The Morgan fingerprint density at radius 3 is 2.70 bits per heavy atom. The lowest BCUT2D eigenvalue weighted by molar-refractivity contribution is 0.0933. The van der Waals surface area contributed by atoms with E-state index in [0.717, 1.165) is 61.8 Å². The summed E-state index contributed by atoms with van der Waals surface area (Å²) in [6, 6.07) is 14.7. The number of nitrogens with zero attached hydrogens (tertiary/aromatic N) is 2. The number of benzene rings is 2. The minimum atomic E-state index is -0.343. The van der Waals surface area contributed by atoms with Crippen LogP contribution < -0.4 is 5.32 Å². The summed E-state index contributed by atoms with van der Waals surface area (Å²) in [6.07, 6.45) is 12.4. The van der Waals surface area contributed by atoms with Gasteiger partial charge in [0.05, 0.1) is 0 Å². The lowest BCUT2D eigenvalue weighted by atomic mass is 9.99. The van der Waals surface area contributed by atoms with Gasteiger partial charge in [0.1, 0.15) is 6.10 Å². The molecule has 5 rings (SSSR count). The van der Waals surface area contributed by atoms with Gasteiger partial charge in [-0.25, -0.2) is 4.79 Å². The molecule has 4 aromatic rings. The predicted molar refractivity (Wildman–Crippen MR) is 151 cm³/mol. The van der Waals surface area contributed by atoms with E-state index in [1.54, 1.807) is 0 Å². The second kappa shape index (κ2) is 11.8. The Morgan fingerprint density at radius 1 is 1.05 bits per heavy atom. The number of aromatic nitrogens is 2. The van der Waals surface area contributed by atoms with Crippen molar-refractivity contribution < 1.29 is 9.53 Å². The lowest BCUT2D eigenvalue weighted by Crippen LogP contribution is -2.23. The van der Waals surface area contributed by atoms with Crippen LogP contribution in [0, 0.1) is 6.92 Å². The lowest BCUT2D eigenvalue weighted by Gasteiger charge is -2.20. The van der Waals surface area contributed by atoms with Gasteiger partial charge >= 0.3 is 6.09 Å². The number of fused-ring (bicyclic) bond motifs is 2. The summed E-state index contributed by atoms with van der Waals surface area (Å²) in [5.74, 6) is 0. The maximum Gasteiger partial charge on any atom is 0.411 e. The number of carbonyl (C=O) groups is 1. The van der Waals surface area contributed by atoms with Crippen molar-refractivity contribution in [2.75, 3.05) is 18.9 Å². The molecule has 1 aliphatic carbocycles. The topological polar surface area (TPSA) is 70.2 Å². The highest BCUT2D eigenvalue weighted by molar-refractivity contribution is 5.92. The quantitative estimate of drug-likeness (QED) is 0.279. The number of hydrogen-bond acceptors (Lipinski definition) is 4. The van der Waals surface area contributed by atoms with Gasteiger partial charge in [-0.15, -0.1) is 0 Å². The summed E-state index contributed by atoms with van der Waals surface area (Å²) in [6.45, 7) is 3.94. The van der Waals surface area contributed by atoms with E-state index in [4.69, 9.17) is 4.74 Å². The number of pyridine rings is 1. The van der Waals surface area contributed by atoms with Crippen LogP contribution >= 0.6 is 0 Å². The Morgan fingerprint density at radius 2 is 1.86 bits per heavy atom. The van der Waals surface area contributed by atoms with Gasteiger partial charge in [0.2, 0.25) is 0 Å². The number of likely N-dealkylation sites (N-methyl/N-ethyl adjacent to an activating group) is 1. The van der Waals surface area contributed by atoms with Gasteiger partial charge in [-0.05, 0) is 92.9 Å². The molecule has 0 atom stereocenters. The summed E-state index contributed by atoms with van der Waals surface area (Å²) < 4.78 is 5.77. The monoisotopic (exact) mass is 498 g/mol. The molecule has 6 heteroatoms. The van der Waals surface area contributed by atoms with Gasteiger partial charge < -0.3 is 14.6 Å². The molecule has 0 bridgehead atoms. The molecule has 37 heavy (non-hydrogen) atoms. The second-order valence-electron chi connectivity index (χ2n) is 10.5. The van der Waals surface area contributed by atoms with Crippen molar-refractivity contribution in [2.24, 2.45) is 0 Å². The van der Waals surface area contributed by atoms with Gasteiger partial charge in [0, 0.05) is 53.2 Å². The molecule has 2 heterocycles. The van der Waals surface area contributed by atoms with Crippen LogP contribution in [0.4, 0.5) is 10.5 Å². The van der Waals surface area contributed by atoms with E-state index in [2.05, 4.69) is 58.4 Å². The number of nitrogens with one attached hydrogen (secondary N) is 2. The van der Waals surface area contributed by atoms with Crippen molar-refractivity contribution in [3.63, 3.8) is 0 Å². The van der Waals surface area contributed by atoms with Crippen LogP contribution in [-0.4, -0.2) is 40.7 Å². The number of ether oxygens (including phenoxy) is 1. The van der Waals surface area contributed by atoms with E-state index in [1.165, 1.54) is 46.9 Å². The smallest absolute Gasteiger partial charge is 0.411 e. The molecule has 2 aromatic carbocycles. The fourth-order valence-electron chi connectivity index (χ4n) is 5.54. The van der Waals surface area contributed by atoms with Gasteiger partial charge in [-0.1, -0.05) is 31.4 Å². The molecule has 2 N–H and O–H groups in total. The van der Waals surface area contributed by atoms with E-state index in [1.807, 2.05) is 30.6 Å². The number of anilines is 1. The van der Waals surface area contributed by atoms with Gasteiger partial charge in [0.25, 0.3) is 0 Å². The van der Waals surface area contributed by atoms with Crippen molar-refractivity contribution in [3.8, 4) is 0 Å². The van der Waals surface area contributed by atoms with Gasteiger partial charge in [-0.2, -0.15) is 0 Å². The van der Waals surface area contributed by atoms with Crippen molar-refractivity contribution in [2.45, 2.75) is 70.9 Å². The normalized spacial score (nSPS) is 15.1. The van der Waals surface area contributed by atoms with Crippen molar-refractivity contribution in [3.05, 3.63) is 71.7 Å². The Labute approximate surface area is 219 Å². The second-order valence-corrected chi connectivity index (χ2v) is 10.5. The highest BCUT2D eigenvalue weighted by Crippen LogP contribution is 2.27. The van der Waals surface area contributed by atoms with Crippen LogP contribution in [0.1, 0.15) is 61.8 Å². The number of carbonyl (C=O) groups excluding carboxylic acids is 1. The Balaban J connectivity index is 1.21. The highest BCUT2D eigenvalue weighted by atomic mass is 16.6.